The predicted molar refractivity (Wildman–Crippen MR) is 140 cm³/mol. The lowest BCUT2D eigenvalue weighted by Gasteiger charge is -2.42. The van der Waals surface area contributed by atoms with Gasteiger partial charge in [0.2, 0.25) is 11.8 Å². The molecule has 1 aromatic carbocycles. The van der Waals surface area contributed by atoms with E-state index >= 15 is 4.39 Å². The van der Waals surface area contributed by atoms with Crippen LogP contribution >= 0.6 is 11.6 Å². The van der Waals surface area contributed by atoms with Crippen molar-refractivity contribution in [3.05, 3.63) is 47.3 Å². The lowest BCUT2D eigenvalue weighted by atomic mass is 10.0. The first-order valence-corrected chi connectivity index (χ1v) is 13.1. The molecule has 3 fully saturated rings. The molecule has 0 unspecified atom stereocenters. The number of phenols is 1. The van der Waals surface area contributed by atoms with Gasteiger partial charge in [0.15, 0.2) is 0 Å². The third-order valence-corrected chi connectivity index (χ3v) is 8.53. The fraction of sp³-hybridized carbons (Fsp3) is 0.444. The molecule has 0 radical (unpaired) electrons. The van der Waals surface area contributed by atoms with E-state index in [4.69, 9.17) is 21.3 Å². The first kappa shape index (κ1) is 24.9. The van der Waals surface area contributed by atoms with Crippen molar-refractivity contribution >= 4 is 29.2 Å². The highest BCUT2D eigenvalue weighted by Crippen LogP contribution is 2.51. The third-order valence-electron chi connectivity index (χ3n) is 8.18. The number of hydrogen-bond acceptors (Lipinski definition) is 7. The molecule has 2 aromatic rings. The Labute approximate surface area is 225 Å². The number of hydrogen-bond donors (Lipinski definition) is 1. The standard InChI is InChI=1S/C27H29ClFN5O4/c1-3-20(36)33-10-9-32-12-17-25(38-14-16(32)11-33)23(28)24(22-18(29)5-4-6-19(22)35)30-26(17)34-13-21(37)31(2)15-27(34)7-8-27/h3-6,16,35H,1,7-15H2,2H3/t16-/m1/s1. The van der Waals surface area contributed by atoms with Crippen LogP contribution in [0.4, 0.5) is 10.2 Å². The van der Waals surface area contributed by atoms with E-state index in [1.807, 2.05) is 4.90 Å². The molecule has 1 aromatic heterocycles. The highest BCUT2D eigenvalue weighted by Gasteiger charge is 2.54. The van der Waals surface area contributed by atoms with Crippen molar-refractivity contribution in [2.45, 2.75) is 31.0 Å². The largest absolute Gasteiger partial charge is 0.507 e. The number of fused-ring (bicyclic) bond motifs is 2. The van der Waals surface area contributed by atoms with Gasteiger partial charge in [-0.25, -0.2) is 9.37 Å². The van der Waals surface area contributed by atoms with Crippen molar-refractivity contribution in [1.29, 1.82) is 0 Å². The second-order valence-corrected chi connectivity index (χ2v) is 10.9. The van der Waals surface area contributed by atoms with Gasteiger partial charge in [-0.15, -0.1) is 0 Å². The van der Waals surface area contributed by atoms with Crippen LogP contribution in [-0.2, 0) is 16.1 Å². The van der Waals surface area contributed by atoms with Crippen LogP contribution in [0.25, 0.3) is 11.3 Å². The summed E-state index contributed by atoms with van der Waals surface area (Å²) in [5, 5.41) is 10.7. The van der Waals surface area contributed by atoms with Crippen molar-refractivity contribution in [3.8, 4) is 22.8 Å². The van der Waals surface area contributed by atoms with Crippen LogP contribution in [0.5, 0.6) is 11.5 Å². The molecule has 1 N–H and O–H groups in total. The second kappa shape index (κ2) is 9.13. The highest BCUT2D eigenvalue weighted by atomic mass is 35.5. The normalized spacial score (nSPS) is 22.4. The molecular weight excluding hydrogens is 513 g/mol. The summed E-state index contributed by atoms with van der Waals surface area (Å²) in [6.45, 7) is 6.63. The maximum atomic E-state index is 15.0. The fourth-order valence-corrected chi connectivity index (χ4v) is 6.18. The van der Waals surface area contributed by atoms with Crippen LogP contribution in [0.3, 0.4) is 0 Å². The molecule has 2 saturated heterocycles. The number of amides is 2. The first-order valence-electron chi connectivity index (χ1n) is 12.7. The summed E-state index contributed by atoms with van der Waals surface area (Å²) in [7, 11) is 1.80. The number of phenolic OH excluding ortho intramolecular Hbond substituents is 1. The third kappa shape index (κ3) is 3.97. The highest BCUT2D eigenvalue weighted by molar-refractivity contribution is 6.35. The summed E-state index contributed by atoms with van der Waals surface area (Å²) in [6, 6.07) is 3.94. The Bertz CT molecular complexity index is 1330. The molecule has 11 heteroatoms. The van der Waals surface area contributed by atoms with Gasteiger partial charge < -0.3 is 24.5 Å². The second-order valence-electron chi connectivity index (χ2n) is 10.5. The van der Waals surface area contributed by atoms with Crippen LogP contribution in [0.15, 0.2) is 30.9 Å². The number of aromatic hydroxyl groups is 1. The minimum Gasteiger partial charge on any atom is -0.507 e. The number of ether oxygens (including phenoxy) is 1. The molecule has 200 valence electrons. The smallest absolute Gasteiger partial charge is 0.246 e. The number of anilines is 1. The van der Waals surface area contributed by atoms with E-state index in [1.165, 1.54) is 24.3 Å². The van der Waals surface area contributed by atoms with Crippen molar-refractivity contribution in [1.82, 2.24) is 19.7 Å². The van der Waals surface area contributed by atoms with Crippen LogP contribution in [0, 0.1) is 5.82 Å². The van der Waals surface area contributed by atoms with Gasteiger partial charge in [-0.1, -0.05) is 24.2 Å². The van der Waals surface area contributed by atoms with Gasteiger partial charge in [0.05, 0.1) is 29.3 Å². The zero-order valence-electron chi connectivity index (χ0n) is 21.1. The van der Waals surface area contributed by atoms with Crippen LogP contribution in [0.2, 0.25) is 5.02 Å². The average Bonchev–Trinajstić information content (AvgIpc) is 3.69. The number of aromatic nitrogens is 1. The average molecular weight is 542 g/mol. The summed E-state index contributed by atoms with van der Waals surface area (Å²) in [4.78, 5) is 37.7. The molecule has 4 aliphatic rings. The zero-order chi connectivity index (χ0) is 26.8. The molecule has 4 heterocycles. The number of carbonyl (C=O) groups is 2. The lowest BCUT2D eigenvalue weighted by molar-refractivity contribution is -0.131. The van der Waals surface area contributed by atoms with E-state index in [-0.39, 0.29) is 58.6 Å². The molecule has 2 amide bonds. The number of rotatable bonds is 3. The molecule has 3 aliphatic heterocycles. The summed E-state index contributed by atoms with van der Waals surface area (Å²) in [6.07, 6.45) is 3.11. The number of pyridine rings is 1. The number of likely N-dealkylation sites (N-methyl/N-ethyl adjacent to an activating group) is 1. The van der Waals surface area contributed by atoms with E-state index < -0.39 is 5.82 Å². The monoisotopic (exact) mass is 541 g/mol. The SMILES string of the molecule is C=CC(=O)N1CCN2Cc3c(N4CC(=O)N(C)CC45CC5)nc(-c4c(O)cccc4F)c(Cl)c3OC[C@H]2C1. The summed E-state index contributed by atoms with van der Waals surface area (Å²) < 4.78 is 21.4. The fourth-order valence-electron chi connectivity index (χ4n) is 5.87. The van der Waals surface area contributed by atoms with Crippen LogP contribution in [0.1, 0.15) is 18.4 Å². The van der Waals surface area contributed by atoms with E-state index in [1.54, 1.807) is 16.8 Å². The number of piperazine rings is 2. The van der Waals surface area contributed by atoms with Crippen molar-refractivity contribution < 1.29 is 23.8 Å². The van der Waals surface area contributed by atoms with Gasteiger partial charge in [0, 0.05) is 39.8 Å². The van der Waals surface area contributed by atoms with Crippen LogP contribution < -0.4 is 9.64 Å². The number of halogens is 2. The van der Waals surface area contributed by atoms with Crippen molar-refractivity contribution in [2.75, 3.05) is 51.3 Å². The molecule has 38 heavy (non-hydrogen) atoms. The van der Waals surface area contributed by atoms with E-state index in [9.17, 15) is 14.7 Å². The maximum Gasteiger partial charge on any atom is 0.246 e. The molecule has 9 nitrogen and oxygen atoms in total. The summed E-state index contributed by atoms with van der Waals surface area (Å²) >= 11 is 6.87. The maximum absolute atomic E-state index is 15.0. The number of carbonyl (C=O) groups excluding carboxylic acids is 2. The van der Waals surface area contributed by atoms with Gasteiger partial charge in [-0.3, -0.25) is 14.5 Å². The Hall–Kier alpha value is -3.37. The van der Waals surface area contributed by atoms with E-state index in [0.29, 0.717) is 44.3 Å². The Morgan fingerprint density at radius 3 is 2.82 bits per heavy atom. The van der Waals surface area contributed by atoms with E-state index in [2.05, 4.69) is 11.5 Å². The lowest BCUT2D eigenvalue weighted by Crippen LogP contribution is -2.57. The quantitative estimate of drug-likeness (QED) is 0.598. The van der Waals surface area contributed by atoms with Crippen LogP contribution in [-0.4, -0.2) is 94.6 Å². The first-order chi connectivity index (χ1) is 18.2. The Balaban J connectivity index is 1.49. The summed E-state index contributed by atoms with van der Waals surface area (Å²) in [5.74, 6) is -0.224. The minimum atomic E-state index is -0.662. The predicted octanol–water partition coefficient (Wildman–Crippen LogP) is 2.65. The Morgan fingerprint density at radius 2 is 2.11 bits per heavy atom. The Morgan fingerprint density at radius 1 is 1.32 bits per heavy atom. The molecule has 1 aliphatic carbocycles. The molecule has 6 rings (SSSR count). The van der Waals surface area contributed by atoms with Gasteiger partial charge in [-0.05, 0) is 31.1 Å². The van der Waals surface area contributed by atoms with Gasteiger partial charge in [-0.2, -0.15) is 0 Å². The number of benzene rings is 1. The molecular formula is C27H29ClFN5O4. The topological polar surface area (TPSA) is 89.5 Å². The van der Waals surface area contributed by atoms with Crippen molar-refractivity contribution in [2.24, 2.45) is 0 Å². The van der Waals surface area contributed by atoms with Crippen molar-refractivity contribution in [3.63, 3.8) is 0 Å². The minimum absolute atomic E-state index is 0.0349. The van der Waals surface area contributed by atoms with E-state index in [0.717, 1.165) is 18.4 Å². The summed E-state index contributed by atoms with van der Waals surface area (Å²) in [5.41, 5.74) is 0.429. The molecule has 1 atom stereocenters. The van der Waals surface area contributed by atoms with Gasteiger partial charge >= 0.3 is 0 Å². The number of nitrogens with zero attached hydrogens (tertiary/aromatic N) is 5. The molecule has 1 saturated carbocycles. The molecule has 1 spiro atoms. The Kier molecular flexibility index (Phi) is 5.99. The van der Waals surface area contributed by atoms with Gasteiger partial charge in [0.25, 0.3) is 0 Å². The molecule has 0 bridgehead atoms. The zero-order valence-corrected chi connectivity index (χ0v) is 21.9. The van der Waals surface area contributed by atoms with Gasteiger partial charge in [0.1, 0.15) is 40.5 Å².